The maximum Gasteiger partial charge on any atom is 0.326 e. The third-order valence-electron chi connectivity index (χ3n) is 4.61. The molecule has 150 valence electrons. The van der Waals surface area contributed by atoms with Crippen molar-refractivity contribution in [2.45, 2.75) is 56.5 Å². The topological polar surface area (TPSA) is 122 Å². The van der Waals surface area contributed by atoms with Gasteiger partial charge in [-0.05, 0) is 37.0 Å². The lowest BCUT2D eigenvalue weighted by Crippen LogP contribution is -2.44. The lowest BCUT2D eigenvalue weighted by Gasteiger charge is -2.19. The molecule has 27 heavy (non-hydrogen) atoms. The second kappa shape index (κ2) is 8.71. The van der Waals surface area contributed by atoms with Gasteiger partial charge in [-0.2, -0.15) is 0 Å². The van der Waals surface area contributed by atoms with Gasteiger partial charge < -0.3 is 15.2 Å². The fourth-order valence-corrected chi connectivity index (χ4v) is 4.59. The van der Waals surface area contributed by atoms with Crippen LogP contribution in [0, 0.1) is 5.92 Å². The minimum Gasteiger partial charge on any atom is -0.495 e. The van der Waals surface area contributed by atoms with Crippen molar-refractivity contribution in [1.29, 1.82) is 0 Å². The highest BCUT2D eigenvalue weighted by atomic mass is 32.2. The number of carboxylic acid groups (broad SMARTS) is 1. The monoisotopic (exact) mass is 398 g/mol. The van der Waals surface area contributed by atoms with E-state index < -0.39 is 27.9 Å². The summed E-state index contributed by atoms with van der Waals surface area (Å²) >= 11 is 0. The molecule has 8 nitrogen and oxygen atoms in total. The van der Waals surface area contributed by atoms with Gasteiger partial charge in [-0.15, -0.1) is 0 Å². The Morgan fingerprint density at radius 2 is 1.85 bits per heavy atom. The Morgan fingerprint density at radius 3 is 2.37 bits per heavy atom. The molecule has 9 heteroatoms. The zero-order valence-corrected chi connectivity index (χ0v) is 16.5. The molecule has 1 aromatic rings. The highest BCUT2D eigenvalue weighted by molar-refractivity contribution is 7.89. The van der Waals surface area contributed by atoms with E-state index in [1.165, 1.54) is 25.3 Å². The van der Waals surface area contributed by atoms with Crippen LogP contribution >= 0.6 is 0 Å². The van der Waals surface area contributed by atoms with Gasteiger partial charge in [0.2, 0.25) is 10.0 Å². The molecule has 0 aromatic heterocycles. The second-order valence-corrected chi connectivity index (χ2v) is 8.68. The summed E-state index contributed by atoms with van der Waals surface area (Å²) in [5.74, 6) is -2.01. The van der Waals surface area contributed by atoms with Crippen molar-refractivity contribution < 1.29 is 27.9 Å². The molecule has 1 unspecified atom stereocenters. The van der Waals surface area contributed by atoms with E-state index in [2.05, 4.69) is 10.0 Å². The fourth-order valence-electron chi connectivity index (χ4n) is 3.09. The summed E-state index contributed by atoms with van der Waals surface area (Å²) in [5.41, 5.74) is 0.0505. The summed E-state index contributed by atoms with van der Waals surface area (Å²) in [7, 11) is -2.52. The van der Waals surface area contributed by atoms with Crippen LogP contribution in [0.1, 0.15) is 49.9 Å². The molecular formula is C18H26N2O6S. The summed E-state index contributed by atoms with van der Waals surface area (Å²) in [5, 5.41) is 11.7. The van der Waals surface area contributed by atoms with Crippen LogP contribution in [0.15, 0.2) is 23.1 Å². The van der Waals surface area contributed by atoms with Crippen LogP contribution < -0.4 is 14.8 Å². The van der Waals surface area contributed by atoms with Gasteiger partial charge in [0.15, 0.2) is 0 Å². The zero-order valence-electron chi connectivity index (χ0n) is 15.7. The molecule has 1 fully saturated rings. The van der Waals surface area contributed by atoms with Crippen LogP contribution in [0.2, 0.25) is 0 Å². The zero-order chi connectivity index (χ0) is 20.2. The number of amides is 1. The first-order valence-electron chi connectivity index (χ1n) is 8.89. The van der Waals surface area contributed by atoms with Gasteiger partial charge in [0.25, 0.3) is 5.91 Å². The van der Waals surface area contributed by atoms with E-state index in [9.17, 15) is 23.1 Å². The van der Waals surface area contributed by atoms with Gasteiger partial charge >= 0.3 is 5.97 Å². The largest absolute Gasteiger partial charge is 0.495 e. The van der Waals surface area contributed by atoms with E-state index in [4.69, 9.17) is 4.74 Å². The standard InChI is InChI=1S/C18H26N2O6S/c1-11(2)16(18(22)23)19-17(21)12-8-9-14(26-3)15(10-12)27(24,25)20-13-6-4-5-7-13/h8-11,13,16,20H,4-7H2,1-3H3,(H,19,21)(H,22,23). The number of nitrogens with one attached hydrogen (secondary N) is 2. The highest BCUT2D eigenvalue weighted by Gasteiger charge is 2.28. The number of ether oxygens (including phenoxy) is 1. The molecule has 1 amide bonds. The Hall–Kier alpha value is -2.13. The average molecular weight is 398 g/mol. The molecular weight excluding hydrogens is 372 g/mol. The van der Waals surface area contributed by atoms with Crippen molar-refractivity contribution in [1.82, 2.24) is 10.0 Å². The predicted octanol–water partition coefficient (Wildman–Crippen LogP) is 1.76. The normalized spacial score (nSPS) is 16.3. The van der Waals surface area contributed by atoms with Crippen molar-refractivity contribution in [2.75, 3.05) is 7.11 Å². The molecule has 0 heterocycles. The minimum atomic E-state index is -3.87. The van der Waals surface area contributed by atoms with E-state index >= 15 is 0 Å². The maximum atomic E-state index is 12.8. The van der Waals surface area contributed by atoms with Crippen molar-refractivity contribution in [2.24, 2.45) is 5.92 Å². The molecule has 0 saturated heterocycles. The molecule has 0 aliphatic heterocycles. The number of hydrogen-bond donors (Lipinski definition) is 3. The van der Waals surface area contributed by atoms with E-state index in [-0.39, 0.29) is 28.2 Å². The molecule has 1 saturated carbocycles. The highest BCUT2D eigenvalue weighted by Crippen LogP contribution is 2.27. The Kier molecular flexibility index (Phi) is 6.83. The minimum absolute atomic E-state index is 0.0505. The van der Waals surface area contributed by atoms with Crippen molar-refractivity contribution in [3.05, 3.63) is 23.8 Å². The Morgan fingerprint density at radius 1 is 1.22 bits per heavy atom. The van der Waals surface area contributed by atoms with Crippen LogP contribution in [0.5, 0.6) is 5.75 Å². The number of sulfonamides is 1. The summed E-state index contributed by atoms with van der Waals surface area (Å²) in [6, 6.07) is 2.81. The second-order valence-electron chi connectivity index (χ2n) is 7.00. The van der Waals surface area contributed by atoms with Gasteiger partial charge in [0.05, 0.1) is 7.11 Å². The first-order valence-corrected chi connectivity index (χ1v) is 10.4. The molecule has 1 atom stereocenters. The quantitative estimate of drug-likeness (QED) is 0.613. The number of carboxylic acids is 1. The van der Waals surface area contributed by atoms with Gasteiger partial charge in [-0.3, -0.25) is 4.79 Å². The predicted molar refractivity (Wildman–Crippen MR) is 99.3 cm³/mol. The number of benzene rings is 1. The van der Waals surface area contributed by atoms with Crippen molar-refractivity contribution in [3.63, 3.8) is 0 Å². The Balaban J connectivity index is 2.31. The molecule has 3 N–H and O–H groups in total. The summed E-state index contributed by atoms with van der Waals surface area (Å²) in [6.07, 6.45) is 3.49. The van der Waals surface area contributed by atoms with E-state index in [0.717, 1.165) is 25.7 Å². The summed E-state index contributed by atoms with van der Waals surface area (Å²) < 4.78 is 33.3. The first kappa shape index (κ1) is 21.2. The summed E-state index contributed by atoms with van der Waals surface area (Å²) in [6.45, 7) is 3.35. The van der Waals surface area contributed by atoms with E-state index in [1.54, 1.807) is 13.8 Å². The number of methoxy groups -OCH3 is 1. The molecule has 1 aromatic carbocycles. The smallest absolute Gasteiger partial charge is 0.326 e. The molecule has 0 spiro atoms. The average Bonchev–Trinajstić information content (AvgIpc) is 3.10. The fraction of sp³-hybridized carbons (Fsp3) is 0.556. The maximum absolute atomic E-state index is 12.8. The molecule has 1 aliphatic carbocycles. The van der Waals surface area contributed by atoms with Crippen LogP contribution in [0.25, 0.3) is 0 Å². The number of carbonyl (C=O) groups is 2. The van der Waals surface area contributed by atoms with Crippen LogP contribution in [0.3, 0.4) is 0 Å². The Bertz CT molecular complexity index is 800. The third kappa shape index (κ3) is 5.20. The molecule has 0 bridgehead atoms. The van der Waals surface area contributed by atoms with Gasteiger partial charge in [-0.1, -0.05) is 26.7 Å². The van der Waals surface area contributed by atoms with Crippen LogP contribution in [-0.2, 0) is 14.8 Å². The van der Waals surface area contributed by atoms with E-state index in [1.807, 2.05) is 0 Å². The lowest BCUT2D eigenvalue weighted by molar-refractivity contribution is -0.140. The molecule has 0 radical (unpaired) electrons. The number of carbonyl (C=O) groups excluding carboxylic acids is 1. The van der Waals surface area contributed by atoms with Crippen LogP contribution in [-0.4, -0.2) is 44.6 Å². The third-order valence-corrected chi connectivity index (χ3v) is 6.15. The SMILES string of the molecule is COc1ccc(C(=O)NC(C(=O)O)C(C)C)cc1S(=O)(=O)NC1CCCC1. The molecule has 2 rings (SSSR count). The van der Waals surface area contributed by atoms with Crippen molar-refractivity contribution >= 4 is 21.9 Å². The number of aliphatic carboxylic acids is 1. The van der Waals surface area contributed by atoms with Gasteiger partial charge in [0, 0.05) is 11.6 Å². The number of hydrogen-bond acceptors (Lipinski definition) is 5. The van der Waals surface area contributed by atoms with Crippen molar-refractivity contribution in [3.8, 4) is 5.75 Å². The number of rotatable bonds is 8. The summed E-state index contributed by atoms with van der Waals surface area (Å²) in [4.78, 5) is 23.6. The van der Waals surface area contributed by atoms with Gasteiger partial charge in [0.1, 0.15) is 16.7 Å². The first-order chi connectivity index (χ1) is 12.7. The van der Waals surface area contributed by atoms with E-state index in [0.29, 0.717) is 0 Å². The van der Waals surface area contributed by atoms with Gasteiger partial charge in [-0.25, -0.2) is 17.9 Å². The van der Waals surface area contributed by atoms with Crippen LogP contribution in [0.4, 0.5) is 0 Å². The Labute approximate surface area is 159 Å². The lowest BCUT2D eigenvalue weighted by atomic mass is 10.0. The molecule has 1 aliphatic rings.